The lowest BCUT2D eigenvalue weighted by Crippen LogP contribution is -2.53. The molecule has 5 heteroatoms. The van der Waals surface area contributed by atoms with Gasteiger partial charge in [-0.2, -0.15) is 0 Å². The van der Waals surface area contributed by atoms with Crippen LogP contribution in [0, 0.1) is 16.2 Å². The van der Waals surface area contributed by atoms with Gasteiger partial charge in [0.25, 0.3) is 0 Å². The molecule has 0 aromatic heterocycles. The highest BCUT2D eigenvalue weighted by molar-refractivity contribution is 5.87. The summed E-state index contributed by atoms with van der Waals surface area (Å²) in [5, 5.41) is 10.4. The lowest BCUT2D eigenvalue weighted by molar-refractivity contribution is -0.189. The normalized spacial score (nSPS) is 24.7. The third-order valence-electron chi connectivity index (χ3n) is 6.00. The molecule has 0 amide bonds. The Morgan fingerprint density at radius 3 is 1.85 bits per heavy atom. The van der Waals surface area contributed by atoms with Gasteiger partial charge in [-0.1, -0.05) is 48.1 Å². The second-order valence-electron chi connectivity index (χ2n) is 9.76. The second-order valence-corrected chi connectivity index (χ2v) is 9.76. The van der Waals surface area contributed by atoms with Crippen molar-refractivity contribution in [3.63, 3.8) is 0 Å². The van der Waals surface area contributed by atoms with E-state index in [1.807, 2.05) is 48.5 Å². The molecular formula is C21H36O5. The number of rotatable bonds is 4. The zero-order valence-electron chi connectivity index (χ0n) is 17.6. The fourth-order valence-electron chi connectivity index (χ4n) is 3.57. The SMILES string of the molecule is C=C(C)C(=O)OC1CCC(OC(=O)C(C)(C(C)(C)C)C(C)(C)C)C(O)C1. The molecule has 1 aliphatic rings. The van der Waals surface area contributed by atoms with Crippen LogP contribution in [-0.2, 0) is 19.1 Å². The number of aliphatic hydroxyl groups is 1. The Balaban J connectivity index is 2.82. The third kappa shape index (κ3) is 4.67. The van der Waals surface area contributed by atoms with Crippen LogP contribution in [0.5, 0.6) is 0 Å². The molecule has 0 spiro atoms. The molecule has 0 saturated heterocycles. The molecule has 1 fully saturated rings. The van der Waals surface area contributed by atoms with E-state index in [2.05, 4.69) is 6.58 Å². The minimum Gasteiger partial charge on any atom is -0.459 e. The number of ether oxygens (including phenoxy) is 2. The molecule has 1 aliphatic carbocycles. The second kappa shape index (κ2) is 7.71. The monoisotopic (exact) mass is 368 g/mol. The van der Waals surface area contributed by atoms with Gasteiger partial charge in [-0.15, -0.1) is 0 Å². The molecule has 150 valence electrons. The van der Waals surface area contributed by atoms with Gasteiger partial charge in [-0.3, -0.25) is 4.79 Å². The third-order valence-corrected chi connectivity index (χ3v) is 6.00. The molecule has 1 N–H and O–H groups in total. The largest absolute Gasteiger partial charge is 0.459 e. The molecule has 0 bridgehead atoms. The Hall–Kier alpha value is -1.36. The molecule has 0 aliphatic heterocycles. The molecule has 0 heterocycles. The molecule has 0 radical (unpaired) electrons. The standard InChI is InChI=1S/C21H36O5/c1-13(2)17(23)25-14-10-11-16(15(22)12-14)26-18(24)21(9,19(3,4)5)20(6,7)8/h14-16,22H,1,10-12H2,2-9H3. The summed E-state index contributed by atoms with van der Waals surface area (Å²) in [6, 6.07) is 0. The van der Waals surface area contributed by atoms with Gasteiger partial charge in [-0.25, -0.2) is 4.79 Å². The van der Waals surface area contributed by atoms with E-state index in [0.717, 1.165) is 0 Å². The van der Waals surface area contributed by atoms with Crippen LogP contribution in [-0.4, -0.2) is 35.4 Å². The minimum absolute atomic E-state index is 0.263. The van der Waals surface area contributed by atoms with Crippen LogP contribution in [0.15, 0.2) is 12.2 Å². The van der Waals surface area contributed by atoms with Gasteiger partial charge in [0.1, 0.15) is 12.2 Å². The molecule has 26 heavy (non-hydrogen) atoms. The molecular weight excluding hydrogens is 332 g/mol. The van der Waals surface area contributed by atoms with E-state index in [0.29, 0.717) is 18.4 Å². The lowest BCUT2D eigenvalue weighted by atomic mass is 9.55. The number of hydrogen-bond acceptors (Lipinski definition) is 5. The van der Waals surface area contributed by atoms with Crippen molar-refractivity contribution in [3.05, 3.63) is 12.2 Å². The first-order valence-electron chi connectivity index (χ1n) is 9.37. The van der Waals surface area contributed by atoms with Crippen LogP contribution in [0.3, 0.4) is 0 Å². The van der Waals surface area contributed by atoms with Crippen molar-refractivity contribution >= 4 is 11.9 Å². The summed E-state index contributed by atoms with van der Waals surface area (Å²) in [6.45, 7) is 19.3. The summed E-state index contributed by atoms with van der Waals surface area (Å²) >= 11 is 0. The molecule has 5 nitrogen and oxygen atoms in total. The summed E-state index contributed by atoms with van der Waals surface area (Å²) in [7, 11) is 0. The topological polar surface area (TPSA) is 72.8 Å². The Morgan fingerprint density at radius 2 is 1.46 bits per heavy atom. The number of esters is 2. The number of hydrogen-bond donors (Lipinski definition) is 1. The highest BCUT2D eigenvalue weighted by Gasteiger charge is 2.54. The summed E-state index contributed by atoms with van der Waals surface area (Å²) in [4.78, 5) is 24.7. The average molecular weight is 369 g/mol. The average Bonchev–Trinajstić information content (AvgIpc) is 2.46. The Morgan fingerprint density at radius 1 is 0.962 bits per heavy atom. The van der Waals surface area contributed by atoms with E-state index in [9.17, 15) is 14.7 Å². The van der Waals surface area contributed by atoms with E-state index in [-0.39, 0.29) is 29.3 Å². The van der Waals surface area contributed by atoms with E-state index < -0.39 is 23.6 Å². The minimum atomic E-state index is -0.847. The Labute approximate surface area is 158 Å². The van der Waals surface area contributed by atoms with Gasteiger partial charge >= 0.3 is 11.9 Å². The number of carbonyl (C=O) groups excluding carboxylic acids is 2. The first-order chi connectivity index (χ1) is 11.6. The highest BCUT2D eigenvalue weighted by Crippen LogP contribution is 2.52. The summed E-state index contributed by atoms with van der Waals surface area (Å²) in [5.41, 5.74) is -0.995. The van der Waals surface area contributed by atoms with Crippen molar-refractivity contribution < 1.29 is 24.2 Å². The van der Waals surface area contributed by atoms with Crippen LogP contribution >= 0.6 is 0 Å². The van der Waals surface area contributed by atoms with Gasteiger partial charge in [0.05, 0.1) is 11.5 Å². The number of carbonyl (C=O) groups is 2. The first-order valence-corrected chi connectivity index (χ1v) is 9.37. The molecule has 3 unspecified atom stereocenters. The zero-order valence-corrected chi connectivity index (χ0v) is 17.6. The highest BCUT2D eigenvalue weighted by atomic mass is 16.6. The lowest BCUT2D eigenvalue weighted by Gasteiger charge is -2.49. The summed E-state index contributed by atoms with van der Waals surface area (Å²) in [6.07, 6.45) is -0.522. The van der Waals surface area contributed by atoms with Crippen LogP contribution in [0.1, 0.15) is 74.7 Å². The van der Waals surface area contributed by atoms with Crippen molar-refractivity contribution in [2.24, 2.45) is 16.2 Å². The predicted molar refractivity (Wildman–Crippen MR) is 101 cm³/mol. The summed E-state index contributed by atoms with van der Waals surface area (Å²) < 4.78 is 11.1. The molecule has 1 saturated carbocycles. The Kier molecular flexibility index (Phi) is 6.73. The van der Waals surface area contributed by atoms with Crippen molar-refractivity contribution in [2.75, 3.05) is 0 Å². The Bertz CT molecular complexity index is 536. The van der Waals surface area contributed by atoms with E-state index >= 15 is 0 Å². The molecule has 0 aromatic carbocycles. The summed E-state index contributed by atoms with van der Waals surface area (Å²) in [5.74, 6) is -0.746. The van der Waals surface area contributed by atoms with Crippen LogP contribution < -0.4 is 0 Å². The van der Waals surface area contributed by atoms with Crippen LogP contribution in [0.2, 0.25) is 0 Å². The van der Waals surface area contributed by atoms with E-state index in [1.54, 1.807) is 6.92 Å². The van der Waals surface area contributed by atoms with Crippen LogP contribution in [0.25, 0.3) is 0 Å². The maximum absolute atomic E-state index is 13.1. The van der Waals surface area contributed by atoms with Crippen molar-refractivity contribution in [2.45, 2.75) is 93.0 Å². The molecule has 1 rings (SSSR count). The van der Waals surface area contributed by atoms with E-state index in [1.165, 1.54) is 0 Å². The quantitative estimate of drug-likeness (QED) is 0.599. The number of aliphatic hydroxyl groups excluding tert-OH is 1. The first kappa shape index (κ1) is 22.7. The van der Waals surface area contributed by atoms with E-state index in [4.69, 9.17) is 9.47 Å². The smallest absolute Gasteiger partial charge is 0.333 e. The maximum Gasteiger partial charge on any atom is 0.333 e. The maximum atomic E-state index is 13.1. The molecule has 3 atom stereocenters. The van der Waals surface area contributed by atoms with Gasteiger partial charge in [-0.05, 0) is 37.5 Å². The molecule has 0 aromatic rings. The zero-order chi connectivity index (χ0) is 20.5. The predicted octanol–water partition coefficient (Wildman–Crippen LogP) is 4.03. The van der Waals surface area contributed by atoms with Crippen LogP contribution in [0.4, 0.5) is 0 Å². The fraction of sp³-hybridized carbons (Fsp3) is 0.810. The van der Waals surface area contributed by atoms with Gasteiger partial charge in [0.15, 0.2) is 0 Å². The van der Waals surface area contributed by atoms with Crippen molar-refractivity contribution in [1.82, 2.24) is 0 Å². The van der Waals surface area contributed by atoms with Crippen molar-refractivity contribution in [3.8, 4) is 0 Å². The van der Waals surface area contributed by atoms with Gasteiger partial charge < -0.3 is 14.6 Å². The van der Waals surface area contributed by atoms with Crippen molar-refractivity contribution in [1.29, 1.82) is 0 Å². The van der Waals surface area contributed by atoms with Gasteiger partial charge in [0, 0.05) is 12.0 Å². The fourth-order valence-corrected chi connectivity index (χ4v) is 3.57. The van der Waals surface area contributed by atoms with Gasteiger partial charge in [0.2, 0.25) is 0 Å².